The minimum atomic E-state index is -4.87. The first kappa shape index (κ1) is 21.4. The summed E-state index contributed by atoms with van der Waals surface area (Å²) in [6.45, 7) is 1.96. The number of rotatable bonds is 4. The molecule has 1 saturated heterocycles. The molecule has 1 heterocycles. The van der Waals surface area contributed by atoms with Crippen LogP contribution in [0.15, 0.2) is 42.5 Å². The molecule has 1 aliphatic heterocycles. The summed E-state index contributed by atoms with van der Waals surface area (Å²) in [6.07, 6.45) is -9.73. The molecule has 0 spiro atoms. The molecule has 1 N–H and O–H groups in total. The fraction of sp³-hybridized carbons (Fsp3) is 0.368. The Bertz CT molecular complexity index is 828. The zero-order chi connectivity index (χ0) is 21.2. The minimum absolute atomic E-state index is 0.189. The molecule has 0 bridgehead atoms. The second kappa shape index (κ2) is 8.19. The lowest BCUT2D eigenvalue weighted by Crippen LogP contribution is -2.45. The molecule has 1 atom stereocenters. The van der Waals surface area contributed by atoms with Gasteiger partial charge in [-0.05, 0) is 23.8 Å². The van der Waals surface area contributed by atoms with E-state index < -0.39 is 35.7 Å². The largest absolute Gasteiger partial charge is 0.573 e. The third-order valence-electron chi connectivity index (χ3n) is 4.57. The molecule has 158 valence electrons. The van der Waals surface area contributed by atoms with Crippen LogP contribution >= 0.6 is 0 Å². The molecule has 1 fully saturated rings. The Morgan fingerprint density at radius 3 is 2.07 bits per heavy atom. The molecule has 0 aromatic heterocycles. The average molecular weight is 422 g/mol. The zero-order valence-electron chi connectivity index (χ0n) is 14.9. The van der Waals surface area contributed by atoms with E-state index in [0.29, 0.717) is 37.8 Å². The van der Waals surface area contributed by atoms with Crippen molar-refractivity contribution in [1.29, 1.82) is 0 Å². The van der Waals surface area contributed by atoms with Crippen LogP contribution in [0, 0.1) is 5.82 Å². The van der Waals surface area contributed by atoms with Crippen molar-refractivity contribution >= 4 is 0 Å². The van der Waals surface area contributed by atoms with Gasteiger partial charge in [-0.3, -0.25) is 4.90 Å². The van der Waals surface area contributed by atoms with Crippen LogP contribution in [0.2, 0.25) is 0 Å². The summed E-state index contributed by atoms with van der Waals surface area (Å²) in [7, 11) is 0. The van der Waals surface area contributed by atoms with Crippen LogP contribution in [-0.4, -0.2) is 37.4 Å². The Morgan fingerprint density at radius 2 is 1.52 bits per heavy atom. The Labute approximate surface area is 162 Å². The van der Waals surface area contributed by atoms with Crippen LogP contribution in [0.3, 0.4) is 0 Å². The van der Waals surface area contributed by atoms with Crippen LogP contribution < -0.4 is 10.1 Å². The molecule has 0 radical (unpaired) electrons. The second-order valence-corrected chi connectivity index (χ2v) is 6.51. The fourth-order valence-corrected chi connectivity index (χ4v) is 3.36. The van der Waals surface area contributed by atoms with Gasteiger partial charge in [-0.2, -0.15) is 13.2 Å². The zero-order valence-corrected chi connectivity index (χ0v) is 14.9. The number of alkyl halides is 6. The smallest absolute Gasteiger partial charge is 0.406 e. The predicted molar refractivity (Wildman–Crippen MR) is 90.8 cm³/mol. The first-order chi connectivity index (χ1) is 13.6. The number of hydrogen-bond donors (Lipinski definition) is 1. The quantitative estimate of drug-likeness (QED) is 0.721. The van der Waals surface area contributed by atoms with E-state index >= 15 is 0 Å². The number of nitrogens with one attached hydrogen (secondary N) is 1. The van der Waals surface area contributed by atoms with E-state index in [9.17, 15) is 30.7 Å². The van der Waals surface area contributed by atoms with Gasteiger partial charge in [0.1, 0.15) is 11.6 Å². The fourth-order valence-electron chi connectivity index (χ4n) is 3.36. The van der Waals surface area contributed by atoms with E-state index in [1.165, 1.54) is 18.2 Å². The van der Waals surface area contributed by atoms with E-state index in [-0.39, 0.29) is 5.56 Å². The van der Waals surface area contributed by atoms with Crippen molar-refractivity contribution in [2.45, 2.75) is 18.6 Å². The second-order valence-electron chi connectivity index (χ2n) is 6.51. The van der Waals surface area contributed by atoms with Gasteiger partial charge in [0.25, 0.3) is 0 Å². The van der Waals surface area contributed by atoms with Gasteiger partial charge in [0.15, 0.2) is 0 Å². The monoisotopic (exact) mass is 422 g/mol. The van der Waals surface area contributed by atoms with Gasteiger partial charge in [0.2, 0.25) is 0 Å². The van der Waals surface area contributed by atoms with E-state index in [0.717, 1.165) is 18.2 Å². The van der Waals surface area contributed by atoms with Crippen molar-refractivity contribution in [2.75, 3.05) is 26.2 Å². The summed E-state index contributed by atoms with van der Waals surface area (Å²) in [5, 5.41) is 3.10. The SMILES string of the molecule is Fc1c([C@@H](c2ccc(OC(F)(F)F)cc2)N2CCNCC2)cccc1C(F)(F)F. The van der Waals surface area contributed by atoms with Crippen molar-refractivity contribution in [2.24, 2.45) is 0 Å². The summed E-state index contributed by atoms with van der Waals surface area (Å²) >= 11 is 0. The predicted octanol–water partition coefficient (Wildman–Crippen LogP) is 4.74. The number of ether oxygens (including phenoxy) is 1. The molecule has 0 saturated carbocycles. The standard InChI is InChI=1S/C19H17F7N2O/c20-16-14(2-1-3-15(16)18(21,22)23)17(28-10-8-27-9-11-28)12-4-6-13(7-5-12)29-19(24,25)26/h1-7,17,27H,8-11H2/t17-/m1/s1. The van der Waals surface area contributed by atoms with Gasteiger partial charge in [-0.25, -0.2) is 4.39 Å². The first-order valence-corrected chi connectivity index (χ1v) is 8.72. The first-order valence-electron chi connectivity index (χ1n) is 8.72. The van der Waals surface area contributed by atoms with Crippen LogP contribution in [0.4, 0.5) is 30.7 Å². The number of hydrogen-bond acceptors (Lipinski definition) is 3. The van der Waals surface area contributed by atoms with Crippen LogP contribution in [-0.2, 0) is 6.18 Å². The van der Waals surface area contributed by atoms with Crippen LogP contribution in [0.25, 0.3) is 0 Å². The molecule has 29 heavy (non-hydrogen) atoms. The normalized spacial score (nSPS) is 17.2. The number of piperazine rings is 1. The highest BCUT2D eigenvalue weighted by Crippen LogP contribution is 2.38. The van der Waals surface area contributed by atoms with E-state index in [4.69, 9.17) is 0 Å². The summed E-state index contributed by atoms with van der Waals surface area (Å²) in [5.41, 5.74) is -1.21. The molecule has 0 aliphatic carbocycles. The number of halogens is 7. The average Bonchev–Trinajstić information content (AvgIpc) is 2.63. The van der Waals surface area contributed by atoms with Crippen molar-refractivity contribution < 1.29 is 35.5 Å². The lowest BCUT2D eigenvalue weighted by molar-refractivity contribution is -0.274. The highest BCUT2D eigenvalue weighted by atomic mass is 19.4. The maximum Gasteiger partial charge on any atom is 0.573 e. The Balaban J connectivity index is 2.03. The third kappa shape index (κ3) is 5.18. The van der Waals surface area contributed by atoms with Crippen LogP contribution in [0.5, 0.6) is 5.75 Å². The lowest BCUT2D eigenvalue weighted by Gasteiger charge is -2.36. The molecule has 2 aromatic carbocycles. The van der Waals surface area contributed by atoms with E-state index in [1.807, 2.05) is 0 Å². The van der Waals surface area contributed by atoms with Gasteiger partial charge >= 0.3 is 12.5 Å². The number of benzene rings is 2. The minimum Gasteiger partial charge on any atom is -0.406 e. The van der Waals surface area contributed by atoms with Gasteiger partial charge in [-0.15, -0.1) is 13.2 Å². The molecular formula is C19H17F7N2O. The van der Waals surface area contributed by atoms with Crippen molar-refractivity contribution in [3.05, 3.63) is 65.0 Å². The molecule has 2 aromatic rings. The Morgan fingerprint density at radius 1 is 0.897 bits per heavy atom. The summed E-state index contributed by atoms with van der Waals surface area (Å²) in [4.78, 5) is 1.79. The molecular weight excluding hydrogens is 405 g/mol. The number of nitrogens with zero attached hydrogens (tertiary/aromatic N) is 1. The highest BCUT2D eigenvalue weighted by molar-refractivity contribution is 5.39. The molecule has 10 heteroatoms. The Hall–Kier alpha value is -2.33. The van der Waals surface area contributed by atoms with Gasteiger partial charge in [0, 0.05) is 31.7 Å². The van der Waals surface area contributed by atoms with Crippen LogP contribution in [0.1, 0.15) is 22.7 Å². The highest BCUT2D eigenvalue weighted by Gasteiger charge is 2.37. The van der Waals surface area contributed by atoms with Crippen molar-refractivity contribution in [1.82, 2.24) is 10.2 Å². The van der Waals surface area contributed by atoms with E-state index in [1.54, 1.807) is 4.90 Å². The van der Waals surface area contributed by atoms with Gasteiger partial charge in [-0.1, -0.05) is 24.3 Å². The lowest BCUT2D eigenvalue weighted by atomic mass is 9.94. The Kier molecular flexibility index (Phi) is 6.04. The molecule has 0 amide bonds. The van der Waals surface area contributed by atoms with Crippen molar-refractivity contribution in [3.63, 3.8) is 0 Å². The summed E-state index contributed by atoms with van der Waals surface area (Å²) in [6, 6.07) is 6.87. The van der Waals surface area contributed by atoms with E-state index in [2.05, 4.69) is 10.1 Å². The maximum absolute atomic E-state index is 14.8. The summed E-state index contributed by atoms with van der Waals surface area (Å²) < 4.78 is 95.3. The third-order valence-corrected chi connectivity index (χ3v) is 4.57. The molecule has 1 aliphatic rings. The van der Waals surface area contributed by atoms with Gasteiger partial charge < -0.3 is 10.1 Å². The maximum atomic E-state index is 14.8. The molecule has 3 nitrogen and oxygen atoms in total. The molecule has 0 unspecified atom stereocenters. The summed E-state index contributed by atoms with van der Waals surface area (Å²) in [5.74, 6) is -1.86. The topological polar surface area (TPSA) is 24.5 Å². The molecule has 3 rings (SSSR count). The van der Waals surface area contributed by atoms with Crippen molar-refractivity contribution in [3.8, 4) is 5.75 Å². The van der Waals surface area contributed by atoms with Gasteiger partial charge in [0.05, 0.1) is 11.6 Å².